The normalized spacial score (nSPS) is 14.6. The molecule has 0 aliphatic carbocycles. The van der Waals surface area contributed by atoms with Gasteiger partial charge >= 0.3 is 0 Å². The summed E-state index contributed by atoms with van der Waals surface area (Å²) < 4.78 is 1.86. The molecule has 3 aromatic carbocycles. The molecule has 30 heavy (non-hydrogen) atoms. The number of fused-ring (bicyclic) bond motifs is 4. The van der Waals surface area contributed by atoms with Crippen LogP contribution in [0.3, 0.4) is 0 Å². The largest absolute Gasteiger partial charge is 0.300 e. The van der Waals surface area contributed by atoms with E-state index >= 15 is 0 Å². The molecule has 5 rings (SSSR count). The lowest BCUT2D eigenvalue weighted by Crippen LogP contribution is -2.25. The number of benzene rings is 3. The molecule has 0 saturated heterocycles. The average molecular weight is 393 g/mol. The summed E-state index contributed by atoms with van der Waals surface area (Å²) >= 11 is 0. The lowest BCUT2D eigenvalue weighted by atomic mass is 9.92. The number of ketones is 1. The molecule has 1 aromatic heterocycles. The maximum absolute atomic E-state index is 13.7. The van der Waals surface area contributed by atoms with E-state index in [1.165, 1.54) is 5.56 Å². The Labute approximate surface area is 175 Å². The van der Waals surface area contributed by atoms with E-state index in [1.807, 2.05) is 35.8 Å². The molecule has 4 aromatic rings. The first-order valence-corrected chi connectivity index (χ1v) is 10.3. The van der Waals surface area contributed by atoms with Crippen LogP contribution in [0.5, 0.6) is 0 Å². The van der Waals surface area contributed by atoms with Crippen LogP contribution in [0.2, 0.25) is 0 Å². The summed E-state index contributed by atoms with van der Waals surface area (Å²) in [7, 11) is 0. The Bertz CT molecular complexity index is 1380. The summed E-state index contributed by atoms with van der Waals surface area (Å²) in [6, 6.07) is 22.3. The second kappa shape index (κ2) is 6.81. The minimum Gasteiger partial charge on any atom is -0.300 e. The van der Waals surface area contributed by atoms with Gasteiger partial charge in [-0.3, -0.25) is 14.2 Å². The minimum absolute atomic E-state index is 0.0310. The Morgan fingerprint density at radius 3 is 2.27 bits per heavy atom. The molecule has 1 unspecified atom stereocenters. The van der Waals surface area contributed by atoms with Crippen LogP contribution in [0.15, 0.2) is 71.5 Å². The molecule has 2 heterocycles. The van der Waals surface area contributed by atoms with E-state index in [4.69, 9.17) is 0 Å². The monoisotopic (exact) mass is 393 g/mol. The molecule has 1 aliphatic rings. The van der Waals surface area contributed by atoms with Crippen molar-refractivity contribution in [3.63, 3.8) is 0 Å². The highest BCUT2D eigenvalue weighted by Gasteiger charge is 2.34. The van der Waals surface area contributed by atoms with Crippen LogP contribution in [-0.2, 0) is 4.79 Å². The van der Waals surface area contributed by atoms with Gasteiger partial charge in [0.05, 0.1) is 11.7 Å². The maximum Gasteiger partial charge on any atom is 0.259 e. The first kappa shape index (κ1) is 18.6. The first-order chi connectivity index (χ1) is 14.5. The van der Waals surface area contributed by atoms with Gasteiger partial charge in [0, 0.05) is 22.9 Å². The van der Waals surface area contributed by atoms with Gasteiger partial charge in [0.15, 0.2) is 0 Å². The summed E-state index contributed by atoms with van der Waals surface area (Å²) in [5, 5.41) is 1.64. The summed E-state index contributed by atoms with van der Waals surface area (Å²) in [4.78, 5) is 25.8. The number of nitrogens with zero attached hydrogens (tertiary/aromatic N) is 1. The number of carbonyl (C=O) groups is 1. The molecule has 0 bridgehead atoms. The predicted octanol–water partition coefficient (Wildman–Crippen LogP) is 5.83. The van der Waals surface area contributed by atoms with Crippen molar-refractivity contribution in [2.45, 2.75) is 33.2 Å². The number of hydrogen-bond donors (Lipinski definition) is 0. The van der Waals surface area contributed by atoms with E-state index in [2.05, 4.69) is 49.4 Å². The Morgan fingerprint density at radius 2 is 1.57 bits per heavy atom. The van der Waals surface area contributed by atoms with Gasteiger partial charge in [-0.1, -0.05) is 71.8 Å². The minimum atomic E-state index is -0.270. The molecular weight excluding hydrogens is 370 g/mol. The lowest BCUT2D eigenvalue weighted by molar-refractivity contribution is -0.117. The Kier molecular flexibility index (Phi) is 4.21. The molecule has 0 N–H and O–H groups in total. The fourth-order valence-corrected chi connectivity index (χ4v) is 4.73. The van der Waals surface area contributed by atoms with Gasteiger partial charge in [-0.05, 0) is 43.4 Å². The predicted molar refractivity (Wildman–Crippen MR) is 122 cm³/mol. The van der Waals surface area contributed by atoms with Crippen molar-refractivity contribution in [1.29, 1.82) is 0 Å². The van der Waals surface area contributed by atoms with Crippen molar-refractivity contribution in [2.24, 2.45) is 0 Å². The molecule has 1 atom stereocenters. The van der Waals surface area contributed by atoms with Crippen LogP contribution in [-0.4, -0.2) is 10.4 Å². The SMILES string of the molecule is CC(=O)CC1c2cc(C)ccc2-c2c(-c3ccc(C)cc3)c3ccccc3c(=O)n21. The first-order valence-electron chi connectivity index (χ1n) is 10.3. The molecule has 0 spiro atoms. The third-order valence-electron chi connectivity index (χ3n) is 6.08. The fraction of sp³-hybridized carbons (Fsp3) is 0.185. The van der Waals surface area contributed by atoms with Crippen molar-refractivity contribution in [2.75, 3.05) is 0 Å². The van der Waals surface area contributed by atoms with Gasteiger partial charge in [-0.25, -0.2) is 0 Å². The van der Waals surface area contributed by atoms with Gasteiger partial charge in [0.25, 0.3) is 5.56 Å². The highest BCUT2D eigenvalue weighted by Crippen LogP contribution is 2.47. The average Bonchev–Trinajstić information content (AvgIpc) is 3.02. The molecule has 0 saturated carbocycles. The van der Waals surface area contributed by atoms with E-state index in [-0.39, 0.29) is 17.4 Å². The molecule has 0 fully saturated rings. The number of pyridine rings is 1. The van der Waals surface area contributed by atoms with E-state index < -0.39 is 0 Å². The van der Waals surface area contributed by atoms with Crippen molar-refractivity contribution >= 4 is 16.6 Å². The molecular formula is C27H23NO2. The van der Waals surface area contributed by atoms with Gasteiger partial charge in [0.1, 0.15) is 5.78 Å². The van der Waals surface area contributed by atoms with Crippen molar-refractivity contribution < 1.29 is 4.79 Å². The summed E-state index contributed by atoms with van der Waals surface area (Å²) in [5.41, 5.74) is 7.45. The van der Waals surface area contributed by atoms with E-state index in [0.717, 1.165) is 38.9 Å². The third kappa shape index (κ3) is 2.73. The number of rotatable bonds is 3. The summed E-state index contributed by atoms with van der Waals surface area (Å²) in [6.07, 6.45) is 0.315. The van der Waals surface area contributed by atoms with E-state index in [9.17, 15) is 9.59 Å². The highest BCUT2D eigenvalue weighted by molar-refractivity contribution is 6.04. The van der Waals surface area contributed by atoms with Crippen LogP contribution in [0.25, 0.3) is 33.2 Å². The number of aryl methyl sites for hydroxylation is 2. The summed E-state index contributed by atoms with van der Waals surface area (Å²) in [6.45, 7) is 5.72. The topological polar surface area (TPSA) is 39.1 Å². The summed E-state index contributed by atoms with van der Waals surface area (Å²) in [5.74, 6) is 0.0808. The number of carbonyl (C=O) groups excluding carboxylic acids is 1. The molecule has 3 nitrogen and oxygen atoms in total. The van der Waals surface area contributed by atoms with Gasteiger partial charge in [-0.15, -0.1) is 0 Å². The van der Waals surface area contributed by atoms with Gasteiger partial charge < -0.3 is 0 Å². The second-order valence-corrected chi connectivity index (χ2v) is 8.32. The molecule has 148 valence electrons. The van der Waals surface area contributed by atoms with E-state index in [0.29, 0.717) is 11.8 Å². The smallest absolute Gasteiger partial charge is 0.259 e. The number of aromatic nitrogens is 1. The van der Waals surface area contributed by atoms with Crippen LogP contribution in [0, 0.1) is 13.8 Å². The zero-order valence-corrected chi connectivity index (χ0v) is 17.4. The lowest BCUT2D eigenvalue weighted by Gasteiger charge is -2.19. The van der Waals surface area contributed by atoms with Crippen LogP contribution >= 0.6 is 0 Å². The zero-order chi connectivity index (χ0) is 21.0. The number of hydrogen-bond acceptors (Lipinski definition) is 2. The third-order valence-corrected chi connectivity index (χ3v) is 6.08. The Morgan fingerprint density at radius 1 is 0.900 bits per heavy atom. The van der Waals surface area contributed by atoms with Gasteiger partial charge in [0.2, 0.25) is 0 Å². The van der Waals surface area contributed by atoms with Crippen LogP contribution < -0.4 is 5.56 Å². The van der Waals surface area contributed by atoms with Crippen LogP contribution in [0.4, 0.5) is 0 Å². The Hall–Kier alpha value is -3.46. The maximum atomic E-state index is 13.7. The zero-order valence-electron chi connectivity index (χ0n) is 17.4. The fourth-order valence-electron chi connectivity index (χ4n) is 4.73. The standard InChI is InChI=1S/C27H23NO2/c1-16-8-11-19(12-9-16)25-20-6-4-5-7-22(20)27(30)28-24(15-18(3)29)23-14-17(2)10-13-21(23)26(25)28/h4-14,24H,15H2,1-3H3. The number of Topliss-reactive ketones (excluding diaryl/α,β-unsaturated/α-hetero) is 1. The highest BCUT2D eigenvalue weighted by atomic mass is 16.1. The quantitative estimate of drug-likeness (QED) is 0.439. The van der Waals surface area contributed by atoms with Crippen molar-refractivity contribution in [3.05, 3.63) is 93.8 Å². The second-order valence-electron chi connectivity index (χ2n) is 8.32. The Balaban J connectivity index is 1.97. The van der Waals surface area contributed by atoms with Gasteiger partial charge in [-0.2, -0.15) is 0 Å². The molecule has 0 amide bonds. The molecule has 3 heteroatoms. The van der Waals surface area contributed by atoms with Crippen molar-refractivity contribution in [3.8, 4) is 22.4 Å². The van der Waals surface area contributed by atoms with Crippen LogP contribution in [0.1, 0.15) is 36.1 Å². The van der Waals surface area contributed by atoms with Crippen molar-refractivity contribution in [1.82, 2.24) is 4.57 Å². The van der Waals surface area contributed by atoms with E-state index in [1.54, 1.807) is 6.92 Å². The molecule has 1 aliphatic heterocycles. The molecule has 0 radical (unpaired) electrons.